The Balaban J connectivity index is 1.44. The van der Waals surface area contributed by atoms with E-state index in [0.717, 1.165) is 11.1 Å². The van der Waals surface area contributed by atoms with Crippen LogP contribution >= 0.6 is 0 Å². The highest BCUT2D eigenvalue weighted by molar-refractivity contribution is 5.93. The number of benzene rings is 2. The standard InChI is InChI=1S/C27H33N5O7/c28-20(13-18-8-10-19(33)11-9-18)25(36)30-16-24(35)32-12-4-7-22(32)26(37)29-15-23(34)31-21(27(38)39)14-17-5-2-1-3-6-17/h1-3,5-6,8-11,20-22,33H,4,7,12-16,28H2,(H,29,37)(H,30,36)(H,31,34)(H,38,39)/t20-,21-,22-/m0/s1. The molecule has 4 amide bonds. The molecule has 2 aromatic rings. The van der Waals surface area contributed by atoms with Crippen molar-refractivity contribution in [2.75, 3.05) is 19.6 Å². The molecule has 12 nitrogen and oxygen atoms in total. The number of carboxylic acid groups (broad SMARTS) is 1. The molecule has 12 heteroatoms. The number of carbonyl (C=O) groups excluding carboxylic acids is 4. The van der Waals surface area contributed by atoms with Crippen LogP contribution in [-0.4, -0.2) is 82.5 Å². The summed E-state index contributed by atoms with van der Waals surface area (Å²) in [6.07, 6.45) is 1.26. The maximum atomic E-state index is 12.7. The fourth-order valence-electron chi connectivity index (χ4n) is 4.29. The summed E-state index contributed by atoms with van der Waals surface area (Å²) in [5.74, 6) is -3.30. The molecule has 208 valence electrons. The monoisotopic (exact) mass is 539 g/mol. The Morgan fingerprint density at radius 3 is 2.26 bits per heavy atom. The molecular formula is C27H33N5O7. The fraction of sp³-hybridized carbons (Fsp3) is 0.370. The minimum Gasteiger partial charge on any atom is -0.508 e. The van der Waals surface area contributed by atoms with Crippen LogP contribution in [0, 0.1) is 0 Å². The number of aliphatic carboxylic acids is 1. The average Bonchev–Trinajstić information content (AvgIpc) is 3.42. The lowest BCUT2D eigenvalue weighted by Crippen LogP contribution is -2.52. The second-order valence-corrected chi connectivity index (χ2v) is 9.31. The van der Waals surface area contributed by atoms with Gasteiger partial charge < -0.3 is 36.8 Å². The van der Waals surface area contributed by atoms with Crippen molar-refractivity contribution in [2.45, 2.75) is 43.8 Å². The van der Waals surface area contributed by atoms with E-state index in [1.165, 1.54) is 17.0 Å². The number of likely N-dealkylation sites (tertiary alicyclic amines) is 1. The summed E-state index contributed by atoms with van der Waals surface area (Å²) in [6.45, 7) is -0.471. The van der Waals surface area contributed by atoms with Gasteiger partial charge in [0.2, 0.25) is 23.6 Å². The predicted octanol–water partition coefficient (Wildman–Crippen LogP) is -0.702. The van der Waals surface area contributed by atoms with Crippen LogP contribution in [0.5, 0.6) is 5.75 Å². The number of rotatable bonds is 12. The zero-order valence-corrected chi connectivity index (χ0v) is 21.3. The van der Waals surface area contributed by atoms with Gasteiger partial charge in [-0.1, -0.05) is 42.5 Å². The van der Waals surface area contributed by atoms with Crippen LogP contribution in [-0.2, 0) is 36.8 Å². The summed E-state index contributed by atoms with van der Waals surface area (Å²) in [5.41, 5.74) is 7.41. The number of hydrogen-bond donors (Lipinski definition) is 6. The number of carboxylic acids is 1. The Hall–Kier alpha value is -4.45. The molecule has 1 saturated heterocycles. The van der Waals surface area contributed by atoms with Crippen molar-refractivity contribution in [1.82, 2.24) is 20.9 Å². The molecular weight excluding hydrogens is 506 g/mol. The third-order valence-electron chi connectivity index (χ3n) is 6.36. The summed E-state index contributed by atoms with van der Waals surface area (Å²) < 4.78 is 0. The van der Waals surface area contributed by atoms with Crippen molar-refractivity contribution in [3.05, 3.63) is 65.7 Å². The summed E-state index contributed by atoms with van der Waals surface area (Å²) in [7, 11) is 0. The SMILES string of the molecule is N[C@@H](Cc1ccc(O)cc1)C(=O)NCC(=O)N1CCC[C@H]1C(=O)NCC(=O)N[C@@H](Cc1ccccc1)C(=O)O. The molecule has 0 radical (unpaired) electrons. The average molecular weight is 540 g/mol. The number of nitrogens with two attached hydrogens (primary N) is 1. The van der Waals surface area contributed by atoms with Crippen molar-refractivity contribution in [2.24, 2.45) is 5.73 Å². The zero-order valence-electron chi connectivity index (χ0n) is 21.3. The molecule has 39 heavy (non-hydrogen) atoms. The van der Waals surface area contributed by atoms with Gasteiger partial charge in [0, 0.05) is 13.0 Å². The maximum Gasteiger partial charge on any atom is 0.326 e. The molecule has 1 aliphatic heterocycles. The highest BCUT2D eigenvalue weighted by Crippen LogP contribution is 2.17. The van der Waals surface area contributed by atoms with E-state index in [4.69, 9.17) is 5.73 Å². The second kappa shape index (κ2) is 13.9. The zero-order chi connectivity index (χ0) is 28.4. The molecule has 0 aromatic heterocycles. The Morgan fingerprint density at radius 2 is 1.59 bits per heavy atom. The van der Waals surface area contributed by atoms with Gasteiger partial charge in [-0.05, 0) is 42.5 Å². The van der Waals surface area contributed by atoms with Crippen LogP contribution < -0.4 is 21.7 Å². The Kier molecular flexibility index (Phi) is 10.4. The number of carbonyl (C=O) groups is 5. The van der Waals surface area contributed by atoms with Gasteiger partial charge in [-0.25, -0.2) is 4.79 Å². The van der Waals surface area contributed by atoms with Crippen molar-refractivity contribution < 1.29 is 34.2 Å². The van der Waals surface area contributed by atoms with Gasteiger partial charge in [-0.2, -0.15) is 0 Å². The molecule has 2 aromatic carbocycles. The van der Waals surface area contributed by atoms with E-state index in [2.05, 4.69) is 16.0 Å². The van der Waals surface area contributed by atoms with Gasteiger partial charge >= 0.3 is 5.97 Å². The van der Waals surface area contributed by atoms with Gasteiger partial charge in [0.1, 0.15) is 17.8 Å². The molecule has 0 aliphatic carbocycles. The van der Waals surface area contributed by atoms with E-state index in [-0.39, 0.29) is 25.1 Å². The first kappa shape index (κ1) is 29.1. The van der Waals surface area contributed by atoms with Gasteiger partial charge in [-0.3, -0.25) is 19.2 Å². The molecule has 3 rings (SSSR count). The van der Waals surface area contributed by atoms with Gasteiger partial charge in [-0.15, -0.1) is 0 Å². The first-order chi connectivity index (χ1) is 18.6. The first-order valence-electron chi connectivity index (χ1n) is 12.6. The summed E-state index contributed by atoms with van der Waals surface area (Å²) in [5, 5.41) is 26.2. The molecule has 1 fully saturated rings. The maximum absolute atomic E-state index is 12.7. The second-order valence-electron chi connectivity index (χ2n) is 9.31. The largest absolute Gasteiger partial charge is 0.508 e. The lowest BCUT2D eigenvalue weighted by atomic mass is 10.1. The van der Waals surface area contributed by atoms with E-state index < -0.39 is 54.3 Å². The van der Waals surface area contributed by atoms with E-state index in [9.17, 15) is 34.2 Å². The first-order valence-corrected chi connectivity index (χ1v) is 12.6. The molecule has 0 saturated carbocycles. The van der Waals surface area contributed by atoms with Crippen LogP contribution in [0.15, 0.2) is 54.6 Å². The van der Waals surface area contributed by atoms with Crippen LogP contribution in [0.25, 0.3) is 0 Å². The Labute approximate surface area is 225 Å². The Bertz CT molecular complexity index is 1170. The van der Waals surface area contributed by atoms with Crippen LogP contribution in [0.2, 0.25) is 0 Å². The van der Waals surface area contributed by atoms with E-state index in [1.807, 2.05) is 0 Å². The third-order valence-corrected chi connectivity index (χ3v) is 6.36. The fourth-order valence-corrected chi connectivity index (χ4v) is 4.29. The molecule has 0 unspecified atom stereocenters. The highest BCUT2D eigenvalue weighted by Gasteiger charge is 2.34. The molecule has 1 aliphatic rings. The summed E-state index contributed by atoms with van der Waals surface area (Å²) in [4.78, 5) is 63.1. The number of nitrogens with one attached hydrogen (secondary N) is 3. The van der Waals surface area contributed by atoms with Gasteiger partial charge in [0.25, 0.3) is 0 Å². The normalized spacial score (nSPS) is 16.1. The third kappa shape index (κ3) is 8.82. The summed E-state index contributed by atoms with van der Waals surface area (Å²) >= 11 is 0. The number of aromatic hydroxyl groups is 1. The van der Waals surface area contributed by atoms with Crippen LogP contribution in [0.1, 0.15) is 24.0 Å². The van der Waals surface area contributed by atoms with E-state index in [1.54, 1.807) is 42.5 Å². The van der Waals surface area contributed by atoms with Gasteiger partial charge in [0.05, 0.1) is 19.1 Å². The highest BCUT2D eigenvalue weighted by atomic mass is 16.4. The predicted molar refractivity (Wildman–Crippen MR) is 140 cm³/mol. The van der Waals surface area contributed by atoms with Gasteiger partial charge in [0.15, 0.2) is 0 Å². The molecule has 3 atom stereocenters. The van der Waals surface area contributed by atoms with E-state index in [0.29, 0.717) is 19.4 Å². The minimum absolute atomic E-state index is 0.0884. The number of phenolic OH excluding ortho intramolecular Hbond substituents is 1. The molecule has 0 bridgehead atoms. The van der Waals surface area contributed by atoms with Crippen molar-refractivity contribution >= 4 is 29.6 Å². The van der Waals surface area contributed by atoms with Crippen LogP contribution in [0.3, 0.4) is 0 Å². The lowest BCUT2D eigenvalue weighted by Gasteiger charge is -2.24. The van der Waals surface area contributed by atoms with Crippen molar-refractivity contribution in [3.63, 3.8) is 0 Å². The van der Waals surface area contributed by atoms with Crippen molar-refractivity contribution in [1.29, 1.82) is 0 Å². The minimum atomic E-state index is -1.20. The number of hydrogen-bond acceptors (Lipinski definition) is 7. The smallest absolute Gasteiger partial charge is 0.326 e. The number of nitrogens with zero attached hydrogens (tertiary/aromatic N) is 1. The number of phenols is 1. The van der Waals surface area contributed by atoms with Crippen LogP contribution in [0.4, 0.5) is 0 Å². The quantitative estimate of drug-likeness (QED) is 0.204. The summed E-state index contributed by atoms with van der Waals surface area (Å²) in [6, 6.07) is 12.2. The Morgan fingerprint density at radius 1 is 0.923 bits per heavy atom. The van der Waals surface area contributed by atoms with E-state index >= 15 is 0 Å². The molecule has 0 spiro atoms. The van der Waals surface area contributed by atoms with Crippen molar-refractivity contribution in [3.8, 4) is 5.75 Å². The number of amides is 4. The molecule has 1 heterocycles. The molecule has 7 N–H and O–H groups in total. The topological polar surface area (TPSA) is 191 Å². The lowest BCUT2D eigenvalue weighted by molar-refractivity contribution is -0.142.